The molecule has 3 fully saturated rings. The summed E-state index contributed by atoms with van der Waals surface area (Å²) in [6.07, 6.45) is 2.91. The molecule has 4 aliphatic rings. The van der Waals surface area contributed by atoms with Gasteiger partial charge in [-0.15, -0.1) is 0 Å². The third kappa shape index (κ3) is 2.72. The molecule has 2 aromatic rings. The number of likely N-dealkylation sites (tertiary alicyclic amines) is 1. The zero-order valence-electron chi connectivity index (χ0n) is 17.2. The summed E-state index contributed by atoms with van der Waals surface area (Å²) in [4.78, 5) is 29.4. The van der Waals surface area contributed by atoms with Gasteiger partial charge in [0.2, 0.25) is 11.8 Å². The van der Waals surface area contributed by atoms with E-state index in [1.165, 1.54) is 6.07 Å². The van der Waals surface area contributed by atoms with Gasteiger partial charge in [-0.3, -0.25) is 14.5 Å². The lowest BCUT2D eigenvalue weighted by Gasteiger charge is -2.40. The Morgan fingerprint density at radius 1 is 1.12 bits per heavy atom. The molecule has 32 heavy (non-hydrogen) atoms. The molecular formula is C24H22Cl2FN3O2. The highest BCUT2D eigenvalue weighted by Gasteiger charge is 2.69. The number of fused-ring (bicyclic) bond motifs is 3. The number of rotatable bonds is 3. The molecule has 2 saturated heterocycles. The third-order valence-corrected chi connectivity index (χ3v) is 8.10. The second-order valence-electron chi connectivity index (χ2n) is 9.30. The van der Waals surface area contributed by atoms with Crippen molar-refractivity contribution < 1.29 is 14.0 Å². The quantitative estimate of drug-likeness (QED) is 0.698. The second kappa shape index (κ2) is 7.17. The van der Waals surface area contributed by atoms with Gasteiger partial charge in [0.1, 0.15) is 11.4 Å². The average Bonchev–Trinajstić information content (AvgIpc) is 3.47. The number of anilines is 1. The molecule has 1 spiro atoms. The van der Waals surface area contributed by atoms with Crippen LogP contribution in [0.1, 0.15) is 36.3 Å². The molecule has 6 rings (SSSR count). The third-order valence-electron chi connectivity index (χ3n) is 7.57. The van der Waals surface area contributed by atoms with Crippen LogP contribution in [0.2, 0.25) is 10.0 Å². The van der Waals surface area contributed by atoms with E-state index in [1.54, 1.807) is 24.3 Å². The fourth-order valence-electron chi connectivity index (χ4n) is 6.16. The fourth-order valence-corrected chi connectivity index (χ4v) is 6.52. The maximum absolute atomic E-state index is 15.5. The summed E-state index contributed by atoms with van der Waals surface area (Å²) in [5, 5.41) is 6.45. The van der Waals surface area contributed by atoms with Crippen molar-refractivity contribution in [1.82, 2.24) is 10.2 Å². The fraction of sp³-hybridized carbons (Fsp3) is 0.417. The first kappa shape index (κ1) is 20.5. The van der Waals surface area contributed by atoms with Crippen molar-refractivity contribution in [3.8, 4) is 0 Å². The Kier molecular flexibility index (Phi) is 4.59. The van der Waals surface area contributed by atoms with E-state index in [2.05, 4.69) is 15.5 Å². The van der Waals surface area contributed by atoms with E-state index in [9.17, 15) is 9.59 Å². The van der Waals surface area contributed by atoms with Crippen LogP contribution in [0.5, 0.6) is 0 Å². The van der Waals surface area contributed by atoms with Crippen LogP contribution >= 0.6 is 23.2 Å². The van der Waals surface area contributed by atoms with Gasteiger partial charge in [0, 0.05) is 41.3 Å². The van der Waals surface area contributed by atoms with E-state index in [0.717, 1.165) is 18.4 Å². The van der Waals surface area contributed by atoms with Gasteiger partial charge in [0.15, 0.2) is 0 Å². The van der Waals surface area contributed by atoms with Crippen molar-refractivity contribution in [2.24, 2.45) is 11.8 Å². The number of benzene rings is 2. The van der Waals surface area contributed by atoms with E-state index in [1.807, 2.05) is 6.07 Å². The molecule has 0 unspecified atom stereocenters. The van der Waals surface area contributed by atoms with Gasteiger partial charge >= 0.3 is 0 Å². The largest absolute Gasteiger partial charge is 0.356 e. The molecule has 3 heterocycles. The molecule has 166 valence electrons. The van der Waals surface area contributed by atoms with Crippen molar-refractivity contribution in [3.05, 3.63) is 63.4 Å². The Morgan fingerprint density at radius 2 is 1.94 bits per heavy atom. The second-order valence-corrected chi connectivity index (χ2v) is 10.1. The molecule has 4 atom stereocenters. The van der Waals surface area contributed by atoms with Gasteiger partial charge in [-0.25, -0.2) is 4.39 Å². The number of halogens is 3. The SMILES string of the molecule is O=C1NCC[C@H]2[C@@H]1[C@H](c1cccc(Cl)c1F)[C@]1(C(=O)Nc3cc(Cl)ccc31)N2CC1CC1. The van der Waals surface area contributed by atoms with E-state index in [0.29, 0.717) is 41.7 Å². The predicted molar refractivity (Wildman–Crippen MR) is 120 cm³/mol. The molecule has 0 bridgehead atoms. The van der Waals surface area contributed by atoms with Gasteiger partial charge in [-0.2, -0.15) is 0 Å². The summed E-state index contributed by atoms with van der Waals surface area (Å²) in [6.45, 7) is 1.24. The minimum absolute atomic E-state index is 0.0132. The minimum Gasteiger partial charge on any atom is -0.356 e. The topological polar surface area (TPSA) is 61.4 Å². The van der Waals surface area contributed by atoms with Crippen molar-refractivity contribution >= 4 is 40.7 Å². The molecule has 2 aromatic carbocycles. The van der Waals surface area contributed by atoms with Gasteiger partial charge in [-0.1, -0.05) is 41.4 Å². The molecular weight excluding hydrogens is 452 g/mol. The van der Waals surface area contributed by atoms with Crippen LogP contribution in [0.3, 0.4) is 0 Å². The summed E-state index contributed by atoms with van der Waals surface area (Å²) in [5.41, 5.74) is 0.472. The molecule has 5 nitrogen and oxygen atoms in total. The van der Waals surface area contributed by atoms with Crippen LogP contribution in [0.15, 0.2) is 36.4 Å². The van der Waals surface area contributed by atoms with Crippen molar-refractivity contribution in [3.63, 3.8) is 0 Å². The Hall–Kier alpha value is -2.15. The molecule has 0 radical (unpaired) electrons. The van der Waals surface area contributed by atoms with Crippen molar-refractivity contribution in [2.75, 3.05) is 18.4 Å². The molecule has 1 aliphatic carbocycles. The monoisotopic (exact) mass is 473 g/mol. The zero-order chi connectivity index (χ0) is 22.2. The number of nitrogens with zero attached hydrogens (tertiary/aromatic N) is 1. The Bertz CT molecular complexity index is 1150. The van der Waals surface area contributed by atoms with Crippen molar-refractivity contribution in [2.45, 2.75) is 36.8 Å². The summed E-state index contributed by atoms with van der Waals surface area (Å²) >= 11 is 12.4. The summed E-state index contributed by atoms with van der Waals surface area (Å²) in [6, 6.07) is 10.0. The summed E-state index contributed by atoms with van der Waals surface area (Å²) in [5.74, 6) is -1.75. The first-order valence-electron chi connectivity index (χ1n) is 11.0. The molecule has 0 aromatic heterocycles. The maximum atomic E-state index is 15.5. The molecule has 3 aliphatic heterocycles. The standard InChI is InChI=1S/C24H22Cl2FN3O2/c25-13-6-7-15-17(10-13)29-23(32)24(15)20(14-2-1-3-16(26)21(14)27)19-18(8-9-28-22(19)31)30(24)11-12-4-5-12/h1-3,6-7,10,12,18-20H,4-5,8-9,11H2,(H,28,31)(H,29,32)/t18-,19+,20-,24+/m0/s1. The first-order valence-corrected chi connectivity index (χ1v) is 11.8. The predicted octanol–water partition coefficient (Wildman–Crippen LogP) is 4.29. The number of hydrogen-bond donors (Lipinski definition) is 2. The lowest BCUT2D eigenvalue weighted by molar-refractivity contribution is -0.128. The highest BCUT2D eigenvalue weighted by molar-refractivity contribution is 6.31. The highest BCUT2D eigenvalue weighted by Crippen LogP contribution is 2.61. The van der Waals surface area contributed by atoms with Crippen LogP contribution in [-0.2, 0) is 15.1 Å². The number of amides is 2. The van der Waals surface area contributed by atoms with Gasteiger partial charge in [0.05, 0.1) is 10.9 Å². The summed E-state index contributed by atoms with van der Waals surface area (Å²) < 4.78 is 15.5. The van der Waals surface area contributed by atoms with Gasteiger partial charge in [-0.05, 0) is 48.9 Å². The maximum Gasteiger partial charge on any atom is 0.250 e. The van der Waals surface area contributed by atoms with Crippen LogP contribution in [0.4, 0.5) is 10.1 Å². The normalized spacial score (nSPS) is 31.4. The van der Waals surface area contributed by atoms with Crippen LogP contribution in [0, 0.1) is 17.7 Å². The Morgan fingerprint density at radius 3 is 2.72 bits per heavy atom. The lowest BCUT2D eigenvalue weighted by Crippen LogP contribution is -2.53. The first-order chi connectivity index (χ1) is 15.4. The Balaban J connectivity index is 1.65. The zero-order valence-corrected chi connectivity index (χ0v) is 18.7. The van der Waals surface area contributed by atoms with Crippen molar-refractivity contribution in [1.29, 1.82) is 0 Å². The van der Waals surface area contributed by atoms with Gasteiger partial charge < -0.3 is 10.6 Å². The van der Waals surface area contributed by atoms with Gasteiger partial charge in [0.25, 0.3) is 0 Å². The number of piperidine rings is 1. The number of nitrogens with one attached hydrogen (secondary N) is 2. The molecule has 2 amide bonds. The molecule has 8 heteroatoms. The smallest absolute Gasteiger partial charge is 0.250 e. The highest BCUT2D eigenvalue weighted by atomic mass is 35.5. The molecule has 1 saturated carbocycles. The minimum atomic E-state index is -1.20. The van der Waals surface area contributed by atoms with E-state index in [-0.39, 0.29) is 22.9 Å². The number of hydrogen-bond acceptors (Lipinski definition) is 3. The summed E-state index contributed by atoms with van der Waals surface area (Å²) in [7, 11) is 0. The van der Waals surface area contributed by atoms with E-state index < -0.39 is 23.2 Å². The van der Waals surface area contributed by atoms with E-state index >= 15 is 4.39 Å². The number of carbonyl (C=O) groups is 2. The Labute approximate surface area is 195 Å². The van der Waals surface area contributed by atoms with Crippen LogP contribution in [-0.4, -0.2) is 35.8 Å². The lowest BCUT2D eigenvalue weighted by atomic mass is 9.70. The average molecular weight is 474 g/mol. The molecule has 2 N–H and O–H groups in total. The van der Waals surface area contributed by atoms with Crippen LogP contribution in [0.25, 0.3) is 0 Å². The van der Waals surface area contributed by atoms with E-state index in [4.69, 9.17) is 23.2 Å². The van der Waals surface area contributed by atoms with Crippen LogP contribution < -0.4 is 10.6 Å². The number of carbonyl (C=O) groups excluding carboxylic acids is 2.